The summed E-state index contributed by atoms with van der Waals surface area (Å²) in [5, 5.41) is 12.6. The van der Waals surface area contributed by atoms with Crippen LogP contribution in [0.15, 0.2) is 218 Å². The lowest BCUT2D eigenvalue weighted by Gasteiger charge is -2.30. The summed E-state index contributed by atoms with van der Waals surface area (Å²) in [6.07, 6.45) is 0. The Hall–Kier alpha value is -7.94. The van der Waals surface area contributed by atoms with Crippen molar-refractivity contribution in [3.63, 3.8) is 0 Å². The summed E-state index contributed by atoms with van der Waals surface area (Å²) in [7, 11) is 0. The molecule has 2 heteroatoms. The van der Waals surface area contributed by atoms with Gasteiger partial charge in [0.2, 0.25) is 0 Å². The molecule has 2 nitrogen and oxygen atoms in total. The monoisotopic (exact) mass is 802 g/mol. The number of fused-ring (bicyclic) bond motifs is 13. The molecule has 1 aromatic heterocycles. The average Bonchev–Trinajstić information content (AvgIpc) is 3.79. The van der Waals surface area contributed by atoms with Crippen molar-refractivity contribution < 1.29 is 0 Å². The molecule has 0 saturated heterocycles. The van der Waals surface area contributed by atoms with E-state index in [1.165, 1.54) is 104 Å². The molecule has 63 heavy (non-hydrogen) atoms. The van der Waals surface area contributed by atoms with Gasteiger partial charge in [-0.3, -0.25) is 0 Å². The Labute approximate surface area is 366 Å². The standard InChI is InChI=1S/C61H42N2/c1-61(2)56-26-14-12-23-50(56)51-32-30-42(38-57(51)61)62(41-29-31-49-47-21-7-6-19-45(47)46-20-8-9-22-48(46)54(49)37-41)59-35-33-43(44-18-10-11-24-52(44)59)39-28-34-60-55(36-39)53-25-13-15-27-58(53)63(60)40-16-4-3-5-17-40/h3-38H,1-2H3. The number of hydrogen-bond acceptors (Lipinski definition) is 1. The van der Waals surface area contributed by atoms with E-state index >= 15 is 0 Å². The second-order valence-corrected chi connectivity index (χ2v) is 17.7. The first-order valence-corrected chi connectivity index (χ1v) is 22.0. The molecule has 0 bridgehead atoms. The van der Waals surface area contributed by atoms with Crippen LogP contribution in [0.1, 0.15) is 25.0 Å². The Bertz CT molecular complexity index is 3800. The van der Waals surface area contributed by atoms with Crippen molar-refractivity contribution in [2.45, 2.75) is 19.3 Å². The summed E-state index contributed by atoms with van der Waals surface area (Å²) in [6, 6.07) is 81.1. The predicted molar refractivity (Wildman–Crippen MR) is 268 cm³/mol. The molecule has 0 unspecified atom stereocenters. The predicted octanol–water partition coefficient (Wildman–Crippen LogP) is 16.8. The van der Waals surface area contributed by atoms with E-state index in [9.17, 15) is 0 Å². The molecule has 1 aliphatic rings. The van der Waals surface area contributed by atoms with Gasteiger partial charge in [0.15, 0.2) is 0 Å². The summed E-state index contributed by atoms with van der Waals surface area (Å²) in [5.41, 5.74) is 14.7. The molecular formula is C61H42N2. The molecule has 0 amide bonds. The number of hydrogen-bond donors (Lipinski definition) is 0. The van der Waals surface area contributed by atoms with Gasteiger partial charge in [0.25, 0.3) is 0 Å². The second kappa shape index (κ2) is 13.5. The molecule has 0 atom stereocenters. The maximum absolute atomic E-state index is 2.51. The van der Waals surface area contributed by atoms with Crippen LogP contribution in [0.5, 0.6) is 0 Å². The van der Waals surface area contributed by atoms with E-state index in [0.717, 1.165) is 17.1 Å². The van der Waals surface area contributed by atoms with Gasteiger partial charge in [-0.15, -0.1) is 0 Å². The molecular weight excluding hydrogens is 761 g/mol. The van der Waals surface area contributed by atoms with Crippen LogP contribution in [0.25, 0.3) is 92.8 Å². The SMILES string of the molecule is CC1(C)c2ccccc2-c2ccc(N(c3ccc4c5ccccc5c5ccccc5c4c3)c3ccc(-c4ccc5c(c4)c4ccccc4n5-c4ccccc4)c4ccccc34)cc21. The van der Waals surface area contributed by atoms with Gasteiger partial charge in [-0.1, -0.05) is 172 Å². The van der Waals surface area contributed by atoms with Crippen molar-refractivity contribution in [2.24, 2.45) is 0 Å². The van der Waals surface area contributed by atoms with Crippen molar-refractivity contribution in [3.8, 4) is 27.9 Å². The fourth-order valence-corrected chi connectivity index (χ4v) is 11.0. The minimum atomic E-state index is -0.139. The van der Waals surface area contributed by atoms with Crippen molar-refractivity contribution in [1.82, 2.24) is 4.57 Å². The average molecular weight is 803 g/mol. The largest absolute Gasteiger partial charge is 0.310 e. The lowest BCUT2D eigenvalue weighted by Crippen LogP contribution is -2.16. The maximum atomic E-state index is 2.51. The minimum absolute atomic E-state index is 0.139. The molecule has 0 fully saturated rings. The number of anilines is 3. The fraction of sp³-hybridized carbons (Fsp3) is 0.0492. The molecule has 0 N–H and O–H groups in total. The van der Waals surface area contributed by atoms with Crippen molar-refractivity contribution in [3.05, 3.63) is 230 Å². The number of nitrogens with zero attached hydrogens (tertiary/aromatic N) is 2. The van der Waals surface area contributed by atoms with Gasteiger partial charge in [-0.05, 0) is 132 Å². The Morgan fingerprint density at radius 2 is 0.873 bits per heavy atom. The zero-order valence-electron chi connectivity index (χ0n) is 35.2. The normalized spacial score (nSPS) is 13.0. The van der Waals surface area contributed by atoms with Crippen LogP contribution in [-0.4, -0.2) is 4.57 Å². The quantitative estimate of drug-likeness (QED) is 0.157. The van der Waals surface area contributed by atoms with E-state index in [1.54, 1.807) is 0 Å². The molecule has 0 spiro atoms. The molecule has 13 rings (SSSR count). The summed E-state index contributed by atoms with van der Waals surface area (Å²) in [4.78, 5) is 2.51. The maximum Gasteiger partial charge on any atom is 0.0541 e. The highest BCUT2D eigenvalue weighted by Gasteiger charge is 2.36. The van der Waals surface area contributed by atoms with Crippen LogP contribution in [0.4, 0.5) is 17.1 Å². The lowest BCUT2D eigenvalue weighted by molar-refractivity contribution is 0.660. The van der Waals surface area contributed by atoms with Gasteiger partial charge in [0.1, 0.15) is 0 Å². The Kier molecular flexibility index (Phi) is 7.68. The molecule has 296 valence electrons. The van der Waals surface area contributed by atoms with Crippen molar-refractivity contribution in [1.29, 1.82) is 0 Å². The Morgan fingerprint density at radius 3 is 1.63 bits per heavy atom. The van der Waals surface area contributed by atoms with Gasteiger partial charge in [0, 0.05) is 38.6 Å². The van der Waals surface area contributed by atoms with E-state index in [0.29, 0.717) is 0 Å². The van der Waals surface area contributed by atoms with Crippen molar-refractivity contribution >= 4 is 82.0 Å². The van der Waals surface area contributed by atoms with Gasteiger partial charge < -0.3 is 9.47 Å². The first kappa shape index (κ1) is 35.8. The molecule has 0 aliphatic heterocycles. The number of benzene rings is 11. The number of aromatic nitrogens is 1. The topological polar surface area (TPSA) is 8.17 Å². The molecule has 0 radical (unpaired) electrons. The van der Waals surface area contributed by atoms with Gasteiger partial charge in [0.05, 0.1) is 16.7 Å². The highest BCUT2D eigenvalue weighted by Crippen LogP contribution is 2.52. The van der Waals surface area contributed by atoms with Crippen LogP contribution in [-0.2, 0) is 5.41 Å². The summed E-state index contributed by atoms with van der Waals surface area (Å²) in [6.45, 7) is 4.74. The second-order valence-electron chi connectivity index (χ2n) is 17.7. The van der Waals surface area contributed by atoms with E-state index in [-0.39, 0.29) is 5.41 Å². The molecule has 1 heterocycles. The van der Waals surface area contributed by atoms with E-state index in [4.69, 9.17) is 0 Å². The molecule has 0 saturated carbocycles. The van der Waals surface area contributed by atoms with Crippen LogP contribution < -0.4 is 4.90 Å². The van der Waals surface area contributed by atoms with E-state index in [1.807, 2.05) is 0 Å². The molecule has 1 aliphatic carbocycles. The minimum Gasteiger partial charge on any atom is -0.310 e. The fourth-order valence-electron chi connectivity index (χ4n) is 11.0. The van der Waals surface area contributed by atoms with Gasteiger partial charge in [-0.2, -0.15) is 0 Å². The Morgan fingerprint density at radius 1 is 0.333 bits per heavy atom. The third-order valence-corrected chi connectivity index (χ3v) is 14.0. The number of rotatable bonds is 5. The summed E-state index contributed by atoms with van der Waals surface area (Å²) >= 11 is 0. The van der Waals surface area contributed by atoms with Crippen LogP contribution >= 0.6 is 0 Å². The first-order chi connectivity index (χ1) is 31.0. The van der Waals surface area contributed by atoms with Crippen molar-refractivity contribution in [2.75, 3.05) is 4.90 Å². The van der Waals surface area contributed by atoms with E-state index < -0.39 is 0 Å². The van der Waals surface area contributed by atoms with Gasteiger partial charge in [-0.25, -0.2) is 0 Å². The zero-order valence-corrected chi connectivity index (χ0v) is 35.2. The molecule has 12 aromatic rings. The van der Waals surface area contributed by atoms with Crippen LogP contribution in [0.3, 0.4) is 0 Å². The molecule has 11 aromatic carbocycles. The number of para-hydroxylation sites is 2. The Balaban J connectivity index is 1.04. The third-order valence-electron chi connectivity index (χ3n) is 14.0. The lowest BCUT2D eigenvalue weighted by atomic mass is 9.82. The smallest absolute Gasteiger partial charge is 0.0541 e. The van der Waals surface area contributed by atoms with Crippen LogP contribution in [0, 0.1) is 0 Å². The van der Waals surface area contributed by atoms with E-state index in [2.05, 4.69) is 242 Å². The van der Waals surface area contributed by atoms with Crippen LogP contribution in [0.2, 0.25) is 0 Å². The summed E-state index contributed by atoms with van der Waals surface area (Å²) in [5.74, 6) is 0. The third kappa shape index (κ3) is 5.25. The first-order valence-electron chi connectivity index (χ1n) is 22.0. The summed E-state index contributed by atoms with van der Waals surface area (Å²) < 4.78 is 2.39. The highest BCUT2D eigenvalue weighted by molar-refractivity contribution is 6.26. The van der Waals surface area contributed by atoms with Gasteiger partial charge >= 0.3 is 0 Å². The highest BCUT2D eigenvalue weighted by atomic mass is 15.1. The zero-order chi connectivity index (χ0) is 41.8.